The number of carbonyl (C=O) groups excluding carboxylic acids is 1. The SMILES string of the molecule is CCc1cccc(NC(=O)CSc2nc3ccccc3c(=O)n2Cc2ccc(Cl)cc2)c1. The van der Waals surface area contributed by atoms with E-state index >= 15 is 0 Å². The Hall–Kier alpha value is -3.09. The average molecular weight is 464 g/mol. The molecule has 0 fully saturated rings. The largest absolute Gasteiger partial charge is 0.325 e. The topological polar surface area (TPSA) is 64.0 Å². The zero-order valence-corrected chi connectivity index (χ0v) is 19.1. The number of benzene rings is 3. The van der Waals surface area contributed by atoms with Crippen LogP contribution in [0.5, 0.6) is 0 Å². The highest BCUT2D eigenvalue weighted by Gasteiger charge is 2.14. The number of nitrogens with zero attached hydrogens (tertiary/aromatic N) is 2. The van der Waals surface area contributed by atoms with Gasteiger partial charge in [-0.2, -0.15) is 0 Å². The molecule has 0 spiro atoms. The molecule has 5 nitrogen and oxygen atoms in total. The quantitative estimate of drug-likeness (QED) is 0.295. The molecular weight excluding hydrogens is 442 g/mol. The third kappa shape index (κ3) is 5.21. The number of hydrogen-bond acceptors (Lipinski definition) is 4. The van der Waals surface area contributed by atoms with Gasteiger partial charge in [0, 0.05) is 10.7 Å². The number of anilines is 1. The van der Waals surface area contributed by atoms with Gasteiger partial charge in [0.05, 0.1) is 23.2 Å². The monoisotopic (exact) mass is 463 g/mol. The van der Waals surface area contributed by atoms with Gasteiger partial charge in [-0.1, -0.05) is 66.7 Å². The van der Waals surface area contributed by atoms with Crippen molar-refractivity contribution in [1.82, 2.24) is 9.55 Å². The lowest BCUT2D eigenvalue weighted by atomic mass is 10.1. The first kappa shape index (κ1) is 22.1. The Morgan fingerprint density at radius 2 is 1.81 bits per heavy atom. The van der Waals surface area contributed by atoms with Crippen molar-refractivity contribution in [3.63, 3.8) is 0 Å². The number of aromatic nitrogens is 2. The van der Waals surface area contributed by atoms with E-state index in [0.717, 1.165) is 23.2 Å². The van der Waals surface area contributed by atoms with E-state index in [1.165, 1.54) is 11.8 Å². The maximum Gasteiger partial charge on any atom is 0.262 e. The van der Waals surface area contributed by atoms with Gasteiger partial charge in [-0.15, -0.1) is 0 Å². The molecule has 3 aromatic carbocycles. The number of rotatable bonds is 7. The second-order valence-electron chi connectivity index (χ2n) is 7.32. The molecule has 0 bridgehead atoms. The fourth-order valence-corrected chi connectivity index (χ4v) is 4.29. The Morgan fingerprint density at radius 3 is 2.59 bits per heavy atom. The molecule has 0 unspecified atom stereocenters. The molecule has 0 saturated heterocycles. The predicted octanol–water partition coefficient (Wildman–Crippen LogP) is 5.39. The summed E-state index contributed by atoms with van der Waals surface area (Å²) in [6, 6.07) is 22.4. The van der Waals surface area contributed by atoms with E-state index < -0.39 is 0 Å². The average Bonchev–Trinajstić information content (AvgIpc) is 2.81. The van der Waals surface area contributed by atoms with Crippen molar-refractivity contribution in [2.24, 2.45) is 0 Å². The van der Waals surface area contributed by atoms with Gasteiger partial charge in [-0.25, -0.2) is 4.98 Å². The van der Waals surface area contributed by atoms with Crippen LogP contribution in [-0.4, -0.2) is 21.2 Å². The summed E-state index contributed by atoms with van der Waals surface area (Å²) in [5.41, 5.74) is 3.33. The maximum atomic E-state index is 13.2. The van der Waals surface area contributed by atoms with Crippen LogP contribution < -0.4 is 10.9 Å². The van der Waals surface area contributed by atoms with Crippen LogP contribution in [0.3, 0.4) is 0 Å². The molecule has 0 aliphatic heterocycles. The summed E-state index contributed by atoms with van der Waals surface area (Å²) in [5, 5.41) is 4.61. The molecule has 1 amide bonds. The van der Waals surface area contributed by atoms with Crippen molar-refractivity contribution in [2.45, 2.75) is 25.0 Å². The van der Waals surface area contributed by atoms with Crippen molar-refractivity contribution < 1.29 is 4.79 Å². The van der Waals surface area contributed by atoms with Crippen LogP contribution in [0.25, 0.3) is 10.9 Å². The fourth-order valence-electron chi connectivity index (χ4n) is 3.37. The summed E-state index contributed by atoms with van der Waals surface area (Å²) >= 11 is 7.25. The molecule has 4 aromatic rings. The summed E-state index contributed by atoms with van der Waals surface area (Å²) < 4.78 is 1.61. The van der Waals surface area contributed by atoms with Gasteiger partial charge in [0.1, 0.15) is 0 Å². The number of fused-ring (bicyclic) bond motifs is 1. The van der Waals surface area contributed by atoms with Crippen LogP contribution >= 0.6 is 23.4 Å². The number of para-hydroxylation sites is 1. The highest BCUT2D eigenvalue weighted by molar-refractivity contribution is 7.99. The van der Waals surface area contributed by atoms with Gasteiger partial charge in [0.25, 0.3) is 5.56 Å². The summed E-state index contributed by atoms with van der Waals surface area (Å²) in [5.74, 6) is -0.00872. The molecule has 0 saturated carbocycles. The van der Waals surface area contributed by atoms with Crippen LogP contribution in [0.2, 0.25) is 5.02 Å². The molecule has 1 N–H and O–H groups in total. The standard InChI is InChI=1S/C25H22ClN3O2S/c1-2-17-6-5-7-20(14-17)27-23(30)16-32-25-28-22-9-4-3-8-21(22)24(31)29(25)15-18-10-12-19(26)13-11-18/h3-14H,2,15-16H2,1H3,(H,27,30). The van der Waals surface area contributed by atoms with Crippen LogP contribution in [0.4, 0.5) is 5.69 Å². The van der Waals surface area contributed by atoms with E-state index in [2.05, 4.69) is 17.2 Å². The van der Waals surface area contributed by atoms with Crippen LogP contribution in [0.1, 0.15) is 18.1 Å². The second-order valence-corrected chi connectivity index (χ2v) is 8.70. The van der Waals surface area contributed by atoms with E-state index in [9.17, 15) is 9.59 Å². The summed E-state index contributed by atoms with van der Waals surface area (Å²) in [6.07, 6.45) is 0.899. The van der Waals surface area contributed by atoms with Crippen molar-refractivity contribution >= 4 is 45.9 Å². The third-order valence-electron chi connectivity index (χ3n) is 5.03. The summed E-state index contributed by atoms with van der Waals surface area (Å²) in [6.45, 7) is 2.42. The van der Waals surface area contributed by atoms with Gasteiger partial charge < -0.3 is 5.32 Å². The minimum atomic E-state index is -0.149. The van der Waals surface area contributed by atoms with E-state index in [1.807, 2.05) is 54.6 Å². The molecule has 0 radical (unpaired) electrons. The first-order valence-electron chi connectivity index (χ1n) is 10.3. The maximum absolute atomic E-state index is 13.2. The first-order valence-corrected chi connectivity index (χ1v) is 11.7. The Balaban J connectivity index is 1.59. The Bertz CT molecular complexity index is 1320. The Labute approximate surface area is 195 Å². The molecular formula is C25H22ClN3O2S. The smallest absolute Gasteiger partial charge is 0.262 e. The van der Waals surface area contributed by atoms with Crippen LogP contribution in [0.15, 0.2) is 82.7 Å². The number of thioether (sulfide) groups is 1. The highest BCUT2D eigenvalue weighted by Crippen LogP contribution is 2.20. The molecule has 1 aromatic heterocycles. The fraction of sp³-hybridized carbons (Fsp3) is 0.160. The minimum Gasteiger partial charge on any atom is -0.325 e. The molecule has 0 aliphatic carbocycles. The Kier molecular flexibility index (Phi) is 6.93. The molecule has 32 heavy (non-hydrogen) atoms. The third-order valence-corrected chi connectivity index (χ3v) is 6.26. The van der Waals surface area contributed by atoms with Crippen molar-refractivity contribution in [1.29, 1.82) is 0 Å². The van der Waals surface area contributed by atoms with Gasteiger partial charge in [0.15, 0.2) is 5.16 Å². The summed E-state index contributed by atoms with van der Waals surface area (Å²) in [7, 11) is 0. The van der Waals surface area contributed by atoms with Gasteiger partial charge >= 0.3 is 0 Å². The van der Waals surface area contributed by atoms with Crippen molar-refractivity contribution in [3.05, 3.63) is 99.3 Å². The summed E-state index contributed by atoms with van der Waals surface area (Å²) in [4.78, 5) is 30.5. The van der Waals surface area contributed by atoms with Gasteiger partial charge in [0.2, 0.25) is 5.91 Å². The van der Waals surface area contributed by atoms with Crippen LogP contribution in [0, 0.1) is 0 Å². The van der Waals surface area contributed by atoms with E-state index in [1.54, 1.807) is 22.8 Å². The Morgan fingerprint density at radius 1 is 1.03 bits per heavy atom. The zero-order valence-electron chi connectivity index (χ0n) is 17.5. The minimum absolute atomic E-state index is 0.135. The molecule has 1 heterocycles. The van der Waals surface area contributed by atoms with Crippen molar-refractivity contribution in [3.8, 4) is 0 Å². The molecule has 7 heteroatoms. The van der Waals surface area contributed by atoms with Gasteiger partial charge in [-0.05, 0) is 53.9 Å². The first-order chi connectivity index (χ1) is 15.5. The lowest BCUT2D eigenvalue weighted by Gasteiger charge is -2.13. The lowest BCUT2D eigenvalue weighted by Crippen LogP contribution is -2.24. The zero-order chi connectivity index (χ0) is 22.5. The molecule has 0 atom stereocenters. The predicted molar refractivity (Wildman–Crippen MR) is 132 cm³/mol. The van der Waals surface area contributed by atoms with Gasteiger partial charge in [-0.3, -0.25) is 14.2 Å². The second kappa shape index (κ2) is 10.0. The number of amides is 1. The number of carbonyl (C=O) groups is 1. The van der Waals surface area contributed by atoms with E-state index in [-0.39, 0.29) is 17.2 Å². The molecule has 0 aliphatic rings. The van der Waals surface area contributed by atoms with Crippen molar-refractivity contribution in [2.75, 3.05) is 11.1 Å². The van der Waals surface area contributed by atoms with Crippen LogP contribution in [-0.2, 0) is 17.8 Å². The number of halogens is 1. The highest BCUT2D eigenvalue weighted by atomic mass is 35.5. The van der Waals surface area contributed by atoms with E-state index in [4.69, 9.17) is 11.6 Å². The number of hydrogen-bond donors (Lipinski definition) is 1. The number of nitrogens with one attached hydrogen (secondary N) is 1. The lowest BCUT2D eigenvalue weighted by molar-refractivity contribution is -0.113. The number of aryl methyl sites for hydroxylation is 1. The molecule has 162 valence electrons. The van der Waals surface area contributed by atoms with E-state index in [0.29, 0.717) is 27.6 Å². The normalized spacial score (nSPS) is 10.9. The molecule has 4 rings (SSSR count).